The van der Waals surface area contributed by atoms with Gasteiger partial charge in [-0.05, 0) is 56.9 Å². The maximum Gasteiger partial charge on any atom is 0.244 e. The van der Waals surface area contributed by atoms with Crippen LogP contribution < -0.4 is 9.62 Å². The van der Waals surface area contributed by atoms with Crippen molar-refractivity contribution < 1.29 is 18.0 Å². The minimum absolute atomic E-state index is 0.0305. The summed E-state index contributed by atoms with van der Waals surface area (Å²) in [5.74, 6) is -0.666. The Labute approximate surface area is 204 Å². The molecule has 0 aliphatic carbocycles. The van der Waals surface area contributed by atoms with Crippen LogP contribution in [0.4, 0.5) is 5.69 Å². The fourth-order valence-electron chi connectivity index (χ4n) is 3.66. The number of nitrogens with one attached hydrogen (secondary N) is 1. The first-order valence-electron chi connectivity index (χ1n) is 11.7. The van der Waals surface area contributed by atoms with Gasteiger partial charge in [0.25, 0.3) is 0 Å². The second-order valence-electron chi connectivity index (χ2n) is 8.80. The highest BCUT2D eigenvalue weighted by Crippen LogP contribution is 2.21. The molecular weight excluding hydrogens is 450 g/mol. The normalized spacial score (nSPS) is 13.1. The number of hydrogen-bond donors (Lipinski definition) is 1. The summed E-state index contributed by atoms with van der Waals surface area (Å²) in [4.78, 5) is 28.3. The molecule has 0 aromatic heterocycles. The molecule has 2 amide bonds. The molecule has 0 heterocycles. The number of amides is 2. The van der Waals surface area contributed by atoms with Gasteiger partial charge in [0.05, 0.1) is 11.9 Å². The summed E-state index contributed by atoms with van der Waals surface area (Å²) in [5.41, 5.74) is 3.30. The third-order valence-corrected chi connectivity index (χ3v) is 7.13. The van der Waals surface area contributed by atoms with Crippen LogP contribution in [0, 0.1) is 13.8 Å². The minimum Gasteiger partial charge on any atom is -0.352 e. The molecule has 8 heteroatoms. The molecule has 1 N–H and O–H groups in total. The van der Waals surface area contributed by atoms with Crippen molar-refractivity contribution in [1.29, 1.82) is 0 Å². The Balaban J connectivity index is 2.44. The topological polar surface area (TPSA) is 86.8 Å². The first-order valence-corrected chi connectivity index (χ1v) is 13.5. The van der Waals surface area contributed by atoms with Crippen molar-refractivity contribution in [3.05, 3.63) is 65.2 Å². The molecule has 0 saturated heterocycles. The summed E-state index contributed by atoms with van der Waals surface area (Å²) in [6.07, 6.45) is 2.26. The number of hydrogen-bond acceptors (Lipinski definition) is 4. The highest BCUT2D eigenvalue weighted by molar-refractivity contribution is 7.92. The lowest BCUT2D eigenvalue weighted by atomic mass is 10.1. The molecule has 0 spiro atoms. The molecule has 0 aliphatic rings. The van der Waals surface area contributed by atoms with Crippen molar-refractivity contribution in [3.8, 4) is 0 Å². The van der Waals surface area contributed by atoms with Crippen molar-refractivity contribution in [2.24, 2.45) is 0 Å². The van der Waals surface area contributed by atoms with Crippen LogP contribution in [0.15, 0.2) is 48.5 Å². The molecule has 7 nitrogen and oxygen atoms in total. The fourth-order valence-corrected chi connectivity index (χ4v) is 4.51. The quantitative estimate of drug-likeness (QED) is 0.522. The SMILES string of the molecule is CC[C@@H](C)NC(=O)[C@H](CC)N(Cc1ccccc1C)C(=O)CN(c1ccc(C)cc1)S(C)(=O)=O. The molecule has 0 radical (unpaired) electrons. The van der Waals surface area contributed by atoms with Gasteiger partial charge in [0.1, 0.15) is 12.6 Å². The highest BCUT2D eigenvalue weighted by Gasteiger charge is 2.32. The number of carbonyl (C=O) groups excluding carboxylic acids is 2. The molecule has 0 bridgehead atoms. The van der Waals surface area contributed by atoms with Crippen LogP contribution in [0.25, 0.3) is 0 Å². The molecular formula is C26H37N3O4S. The van der Waals surface area contributed by atoms with E-state index in [1.54, 1.807) is 24.3 Å². The average Bonchev–Trinajstić information content (AvgIpc) is 2.78. The van der Waals surface area contributed by atoms with Gasteiger partial charge in [-0.1, -0.05) is 55.8 Å². The monoisotopic (exact) mass is 487 g/mol. The predicted octanol–water partition coefficient (Wildman–Crippen LogP) is 3.79. The first-order chi connectivity index (χ1) is 16.0. The molecule has 2 aromatic rings. The molecule has 0 aliphatic heterocycles. The maximum absolute atomic E-state index is 13.7. The molecule has 0 unspecified atom stereocenters. The van der Waals surface area contributed by atoms with Gasteiger partial charge in [-0.2, -0.15) is 0 Å². The zero-order chi connectivity index (χ0) is 25.5. The average molecular weight is 488 g/mol. The van der Waals surface area contributed by atoms with Gasteiger partial charge < -0.3 is 10.2 Å². The van der Waals surface area contributed by atoms with Crippen molar-refractivity contribution in [3.63, 3.8) is 0 Å². The Morgan fingerprint density at radius 2 is 1.59 bits per heavy atom. The fraction of sp³-hybridized carbons (Fsp3) is 0.462. The number of anilines is 1. The Morgan fingerprint density at radius 1 is 0.971 bits per heavy atom. The molecule has 2 aromatic carbocycles. The smallest absolute Gasteiger partial charge is 0.244 e. The summed E-state index contributed by atoms with van der Waals surface area (Å²) in [5, 5.41) is 2.97. The zero-order valence-corrected chi connectivity index (χ0v) is 21.9. The molecule has 0 fully saturated rings. The van der Waals surface area contributed by atoms with E-state index in [1.807, 2.05) is 58.9 Å². The summed E-state index contributed by atoms with van der Waals surface area (Å²) in [6, 6.07) is 13.9. The first kappa shape index (κ1) is 27.4. The highest BCUT2D eigenvalue weighted by atomic mass is 32.2. The van der Waals surface area contributed by atoms with E-state index in [9.17, 15) is 18.0 Å². The largest absolute Gasteiger partial charge is 0.352 e. The van der Waals surface area contributed by atoms with Crippen LogP contribution in [0.2, 0.25) is 0 Å². The van der Waals surface area contributed by atoms with E-state index in [-0.39, 0.29) is 25.0 Å². The molecule has 0 saturated carbocycles. The van der Waals surface area contributed by atoms with E-state index in [4.69, 9.17) is 0 Å². The number of sulfonamides is 1. The van der Waals surface area contributed by atoms with E-state index in [0.29, 0.717) is 12.1 Å². The van der Waals surface area contributed by atoms with Gasteiger partial charge in [0, 0.05) is 12.6 Å². The third kappa shape index (κ3) is 7.32. The van der Waals surface area contributed by atoms with Crippen LogP contribution in [0.5, 0.6) is 0 Å². The Kier molecular flexibility index (Phi) is 9.67. The van der Waals surface area contributed by atoms with Crippen LogP contribution in [-0.4, -0.2) is 50.0 Å². The standard InChI is InChI=1S/C26H37N3O4S/c1-7-21(5)27-26(31)24(8-2)28(17-22-12-10-9-11-20(22)4)25(30)18-29(34(6,32)33)23-15-13-19(3)14-16-23/h9-16,21,24H,7-8,17-18H2,1-6H3,(H,27,31)/t21-,24+/m1/s1. The lowest BCUT2D eigenvalue weighted by Gasteiger charge is -2.33. The lowest BCUT2D eigenvalue weighted by Crippen LogP contribution is -2.53. The van der Waals surface area contributed by atoms with Crippen molar-refractivity contribution in [2.45, 2.75) is 66.1 Å². The summed E-state index contributed by atoms with van der Waals surface area (Å²) >= 11 is 0. The molecule has 34 heavy (non-hydrogen) atoms. The van der Waals surface area contributed by atoms with Gasteiger partial charge in [-0.15, -0.1) is 0 Å². The molecule has 186 valence electrons. The van der Waals surface area contributed by atoms with Crippen LogP contribution >= 0.6 is 0 Å². The number of rotatable bonds is 11. The third-order valence-electron chi connectivity index (χ3n) is 5.99. The lowest BCUT2D eigenvalue weighted by molar-refractivity contribution is -0.140. The van der Waals surface area contributed by atoms with Gasteiger partial charge in [-0.3, -0.25) is 13.9 Å². The Bertz CT molecular complexity index is 1080. The van der Waals surface area contributed by atoms with E-state index in [1.165, 1.54) is 4.90 Å². The van der Waals surface area contributed by atoms with Gasteiger partial charge >= 0.3 is 0 Å². The minimum atomic E-state index is -3.73. The van der Waals surface area contributed by atoms with Gasteiger partial charge in [0.15, 0.2) is 0 Å². The Hall–Kier alpha value is -2.87. The van der Waals surface area contributed by atoms with E-state index in [0.717, 1.165) is 33.7 Å². The van der Waals surface area contributed by atoms with E-state index < -0.39 is 22.0 Å². The number of benzene rings is 2. The van der Waals surface area contributed by atoms with Crippen LogP contribution in [0.3, 0.4) is 0 Å². The van der Waals surface area contributed by atoms with Crippen molar-refractivity contribution >= 4 is 27.5 Å². The number of carbonyl (C=O) groups is 2. The maximum atomic E-state index is 13.7. The Morgan fingerprint density at radius 3 is 2.12 bits per heavy atom. The van der Waals surface area contributed by atoms with E-state index in [2.05, 4.69) is 5.32 Å². The summed E-state index contributed by atoms with van der Waals surface area (Å²) in [7, 11) is -3.73. The van der Waals surface area contributed by atoms with Crippen LogP contribution in [0.1, 0.15) is 50.3 Å². The zero-order valence-electron chi connectivity index (χ0n) is 21.0. The van der Waals surface area contributed by atoms with E-state index >= 15 is 0 Å². The molecule has 2 atom stereocenters. The molecule has 2 rings (SSSR count). The second-order valence-corrected chi connectivity index (χ2v) is 10.7. The summed E-state index contributed by atoms with van der Waals surface area (Å²) in [6.45, 7) is 9.44. The van der Waals surface area contributed by atoms with Gasteiger partial charge in [0.2, 0.25) is 21.8 Å². The van der Waals surface area contributed by atoms with Crippen LogP contribution in [-0.2, 0) is 26.2 Å². The van der Waals surface area contributed by atoms with Crippen molar-refractivity contribution in [2.75, 3.05) is 17.1 Å². The van der Waals surface area contributed by atoms with Gasteiger partial charge in [-0.25, -0.2) is 8.42 Å². The number of nitrogens with zero attached hydrogens (tertiary/aromatic N) is 2. The predicted molar refractivity (Wildman–Crippen MR) is 137 cm³/mol. The number of aryl methyl sites for hydroxylation is 2. The summed E-state index contributed by atoms with van der Waals surface area (Å²) < 4.78 is 26.3. The second kappa shape index (κ2) is 12.0. The van der Waals surface area contributed by atoms with Crippen molar-refractivity contribution in [1.82, 2.24) is 10.2 Å².